The Kier molecular flexibility index (Phi) is 11.4. The zero-order valence-corrected chi connectivity index (χ0v) is 25.5. The zero-order valence-electron chi connectivity index (χ0n) is 24.6. The van der Waals surface area contributed by atoms with E-state index in [-0.39, 0.29) is 47.1 Å². The largest absolute Gasteiger partial charge is 0.465 e. The van der Waals surface area contributed by atoms with E-state index in [4.69, 9.17) is 4.74 Å². The summed E-state index contributed by atoms with van der Waals surface area (Å²) in [6.45, 7) is 4.81. The number of esters is 1. The number of nitrogens with one attached hydrogen (secondary N) is 3. The van der Waals surface area contributed by atoms with Crippen LogP contribution in [0.2, 0.25) is 0 Å². The molecule has 1 aliphatic rings. The third-order valence-corrected chi connectivity index (χ3v) is 9.28. The summed E-state index contributed by atoms with van der Waals surface area (Å²) in [5.41, 5.74) is 3.81. The molecule has 1 amide bonds. The molecule has 0 bridgehead atoms. The van der Waals surface area contributed by atoms with Gasteiger partial charge in [0.25, 0.3) is 0 Å². The molecule has 0 aliphatic heterocycles. The number of carbonyl (C=O) groups excluding carboxylic acids is 2. The fourth-order valence-electron chi connectivity index (χ4n) is 5.30. The predicted octanol–water partition coefficient (Wildman–Crippen LogP) is 4.90. The molecule has 0 spiro atoms. The molecular formula is C33H40FN3O5S. The quantitative estimate of drug-likeness (QED) is 0.188. The Labute approximate surface area is 253 Å². The molecule has 1 atom stereocenters. The molecule has 3 aromatic rings. The molecule has 230 valence electrons. The van der Waals surface area contributed by atoms with E-state index in [0.717, 1.165) is 28.7 Å². The minimum Gasteiger partial charge on any atom is -0.465 e. The Morgan fingerprint density at radius 1 is 0.953 bits per heavy atom. The van der Waals surface area contributed by atoms with Crippen LogP contribution in [0.25, 0.3) is 11.1 Å². The van der Waals surface area contributed by atoms with Gasteiger partial charge < -0.3 is 15.4 Å². The maximum Gasteiger partial charge on any atom is 0.319 e. The van der Waals surface area contributed by atoms with Gasteiger partial charge in [0.1, 0.15) is 5.82 Å². The number of ether oxygens (including phenoxy) is 1. The fourth-order valence-corrected chi connectivity index (χ4v) is 6.60. The number of sulfonamides is 1. The third-order valence-electron chi connectivity index (χ3n) is 7.74. The van der Waals surface area contributed by atoms with E-state index in [1.54, 1.807) is 43.3 Å². The van der Waals surface area contributed by atoms with Gasteiger partial charge in [-0.2, -0.15) is 0 Å². The molecule has 0 unspecified atom stereocenters. The molecule has 3 aromatic carbocycles. The number of carbonyl (C=O) groups is 2. The second-order valence-corrected chi connectivity index (χ2v) is 12.6. The first-order chi connectivity index (χ1) is 20.6. The molecule has 4 rings (SSSR count). The highest BCUT2D eigenvalue weighted by molar-refractivity contribution is 7.89. The Balaban J connectivity index is 1.26. The molecule has 0 heterocycles. The van der Waals surface area contributed by atoms with Crippen molar-refractivity contribution in [3.63, 3.8) is 0 Å². The van der Waals surface area contributed by atoms with Crippen molar-refractivity contribution in [2.24, 2.45) is 5.92 Å². The number of rotatable bonds is 13. The second kappa shape index (κ2) is 15.2. The molecule has 8 nitrogen and oxygen atoms in total. The minimum atomic E-state index is -3.72. The molecule has 1 aliphatic carbocycles. The fraction of sp³-hybridized carbons (Fsp3) is 0.394. The second-order valence-electron chi connectivity index (χ2n) is 10.9. The van der Waals surface area contributed by atoms with Crippen molar-refractivity contribution in [3.8, 4) is 11.1 Å². The summed E-state index contributed by atoms with van der Waals surface area (Å²) in [6, 6.07) is 20.4. The lowest BCUT2D eigenvalue weighted by molar-refractivity contribution is -0.142. The molecular weight excluding hydrogens is 569 g/mol. The molecule has 10 heteroatoms. The summed E-state index contributed by atoms with van der Waals surface area (Å²) in [7, 11) is -3.72. The first kappa shape index (κ1) is 32.3. The van der Waals surface area contributed by atoms with E-state index >= 15 is 0 Å². The van der Waals surface area contributed by atoms with Crippen LogP contribution in [0.4, 0.5) is 4.39 Å². The van der Waals surface area contributed by atoms with Crippen molar-refractivity contribution in [2.45, 2.75) is 62.9 Å². The van der Waals surface area contributed by atoms with Crippen molar-refractivity contribution in [1.29, 1.82) is 0 Å². The number of halogens is 1. The molecule has 43 heavy (non-hydrogen) atoms. The number of hydrogen-bond donors (Lipinski definition) is 3. The SMILES string of the molecule is CCOC(=O)CNCCc1cccc(-c2ccc(S(=O)(=O)NC3CCC(C(=O)N[C@H](C)c4ccc(F)cc4)CC3)cc2)c1. The molecule has 0 radical (unpaired) electrons. The highest BCUT2D eigenvalue weighted by atomic mass is 32.2. The maximum atomic E-state index is 13.2. The van der Waals surface area contributed by atoms with E-state index in [1.807, 2.05) is 25.1 Å². The van der Waals surface area contributed by atoms with Gasteiger partial charge >= 0.3 is 5.97 Å². The Morgan fingerprint density at radius 3 is 2.33 bits per heavy atom. The molecule has 3 N–H and O–H groups in total. The third kappa shape index (κ3) is 9.44. The highest BCUT2D eigenvalue weighted by Crippen LogP contribution is 2.28. The van der Waals surface area contributed by atoms with Gasteiger partial charge in [0.2, 0.25) is 15.9 Å². The number of amides is 1. The summed E-state index contributed by atoms with van der Waals surface area (Å²) >= 11 is 0. The number of hydrogen-bond acceptors (Lipinski definition) is 6. The van der Waals surface area contributed by atoms with Gasteiger partial charge in [0.05, 0.1) is 24.1 Å². The van der Waals surface area contributed by atoms with Gasteiger partial charge in [-0.15, -0.1) is 0 Å². The lowest BCUT2D eigenvalue weighted by atomic mass is 9.85. The lowest BCUT2D eigenvalue weighted by Gasteiger charge is -2.29. The van der Waals surface area contributed by atoms with Crippen molar-refractivity contribution in [2.75, 3.05) is 19.7 Å². The molecule has 0 saturated heterocycles. The number of benzene rings is 3. The van der Waals surface area contributed by atoms with Crippen molar-refractivity contribution in [1.82, 2.24) is 15.4 Å². The molecule has 1 fully saturated rings. The minimum absolute atomic E-state index is 0.0641. The smallest absolute Gasteiger partial charge is 0.319 e. The van der Waals surface area contributed by atoms with Crippen LogP contribution in [0.5, 0.6) is 0 Å². The molecule has 1 saturated carbocycles. The monoisotopic (exact) mass is 609 g/mol. The van der Waals surface area contributed by atoms with E-state index in [0.29, 0.717) is 38.8 Å². The Hall–Kier alpha value is -3.60. The first-order valence-corrected chi connectivity index (χ1v) is 16.3. The van der Waals surface area contributed by atoms with E-state index < -0.39 is 10.0 Å². The average Bonchev–Trinajstić information content (AvgIpc) is 3.00. The van der Waals surface area contributed by atoms with Crippen molar-refractivity contribution in [3.05, 3.63) is 89.7 Å². The van der Waals surface area contributed by atoms with Crippen LogP contribution in [-0.4, -0.2) is 46.0 Å². The van der Waals surface area contributed by atoms with Crippen LogP contribution in [0.1, 0.15) is 56.7 Å². The van der Waals surface area contributed by atoms with Gasteiger partial charge in [0, 0.05) is 12.0 Å². The summed E-state index contributed by atoms with van der Waals surface area (Å²) < 4.78 is 47.2. The van der Waals surface area contributed by atoms with E-state index in [9.17, 15) is 22.4 Å². The highest BCUT2D eigenvalue weighted by Gasteiger charge is 2.29. The standard InChI is InChI=1S/C33H40FN3O5S/c1-3-42-32(38)22-35-20-19-24-5-4-6-28(21-24)26-11-17-31(18-12-26)43(40,41)37-30-15-9-27(10-16-30)33(39)36-23(2)25-7-13-29(34)14-8-25/h4-8,11-14,17-18,21,23,27,30,35,37H,3,9-10,15-16,19-20,22H2,1-2H3,(H,36,39)/t23-,27?,30?/m1/s1. The van der Waals surface area contributed by atoms with Gasteiger partial charge in [-0.3, -0.25) is 9.59 Å². The van der Waals surface area contributed by atoms with Crippen LogP contribution < -0.4 is 15.4 Å². The summed E-state index contributed by atoms with van der Waals surface area (Å²) in [5.74, 6) is -0.845. The maximum absolute atomic E-state index is 13.2. The van der Waals surface area contributed by atoms with E-state index in [1.165, 1.54) is 12.1 Å². The van der Waals surface area contributed by atoms with Crippen molar-refractivity contribution < 1.29 is 27.1 Å². The topological polar surface area (TPSA) is 114 Å². The predicted molar refractivity (Wildman–Crippen MR) is 164 cm³/mol. The Bertz CT molecular complexity index is 1470. The molecule has 0 aromatic heterocycles. The van der Waals surface area contributed by atoms with Crippen LogP contribution in [0.3, 0.4) is 0 Å². The van der Waals surface area contributed by atoms with E-state index in [2.05, 4.69) is 21.4 Å². The van der Waals surface area contributed by atoms with Crippen LogP contribution in [-0.2, 0) is 30.8 Å². The van der Waals surface area contributed by atoms with Crippen molar-refractivity contribution >= 4 is 21.9 Å². The van der Waals surface area contributed by atoms with Gasteiger partial charge in [0.15, 0.2) is 0 Å². The normalized spacial score (nSPS) is 17.7. The van der Waals surface area contributed by atoms with Crippen LogP contribution >= 0.6 is 0 Å². The van der Waals surface area contributed by atoms with Gasteiger partial charge in [-0.05, 0) is 99.0 Å². The lowest BCUT2D eigenvalue weighted by Crippen LogP contribution is -2.41. The zero-order chi connectivity index (χ0) is 30.8. The van der Waals surface area contributed by atoms with Crippen LogP contribution in [0.15, 0.2) is 77.7 Å². The summed E-state index contributed by atoms with van der Waals surface area (Å²) in [4.78, 5) is 24.5. The Morgan fingerprint density at radius 2 is 1.65 bits per heavy atom. The van der Waals surface area contributed by atoms with Gasteiger partial charge in [-0.25, -0.2) is 17.5 Å². The van der Waals surface area contributed by atoms with Gasteiger partial charge in [-0.1, -0.05) is 48.5 Å². The summed E-state index contributed by atoms with van der Waals surface area (Å²) in [5, 5.41) is 6.08. The first-order valence-electron chi connectivity index (χ1n) is 14.8. The average molecular weight is 610 g/mol. The summed E-state index contributed by atoms with van der Waals surface area (Å²) in [6.07, 6.45) is 3.05. The van der Waals surface area contributed by atoms with Crippen LogP contribution in [0, 0.1) is 11.7 Å².